The van der Waals surface area contributed by atoms with Crippen LogP contribution in [0, 0.1) is 11.6 Å². The fourth-order valence-corrected chi connectivity index (χ4v) is 3.00. The highest BCUT2D eigenvalue weighted by atomic mass is 32.2. The quantitative estimate of drug-likeness (QED) is 0.655. The SMILES string of the molecule is CSc1cccc([C@@H](NCc2ncc[nH]2)c2ccc(F)c(F)c2)c1. The first-order valence-corrected chi connectivity index (χ1v) is 8.70. The van der Waals surface area contributed by atoms with Crippen LogP contribution >= 0.6 is 11.8 Å². The fourth-order valence-electron chi connectivity index (χ4n) is 2.53. The molecule has 24 heavy (non-hydrogen) atoms. The molecule has 0 saturated carbocycles. The van der Waals surface area contributed by atoms with Gasteiger partial charge in [0.05, 0.1) is 12.6 Å². The van der Waals surface area contributed by atoms with Crippen molar-refractivity contribution < 1.29 is 8.78 Å². The molecular formula is C18H17F2N3S. The molecule has 2 N–H and O–H groups in total. The van der Waals surface area contributed by atoms with Crippen molar-refractivity contribution in [2.75, 3.05) is 6.26 Å². The number of halogens is 2. The average Bonchev–Trinajstić information content (AvgIpc) is 3.12. The molecule has 0 spiro atoms. The van der Waals surface area contributed by atoms with Crippen LogP contribution in [-0.4, -0.2) is 16.2 Å². The van der Waals surface area contributed by atoms with Crippen molar-refractivity contribution in [2.24, 2.45) is 0 Å². The number of aromatic nitrogens is 2. The fraction of sp³-hybridized carbons (Fsp3) is 0.167. The van der Waals surface area contributed by atoms with Gasteiger partial charge in [0.2, 0.25) is 0 Å². The van der Waals surface area contributed by atoms with E-state index < -0.39 is 11.6 Å². The number of aromatic amines is 1. The van der Waals surface area contributed by atoms with Crippen molar-refractivity contribution in [3.8, 4) is 0 Å². The van der Waals surface area contributed by atoms with Crippen molar-refractivity contribution in [3.63, 3.8) is 0 Å². The summed E-state index contributed by atoms with van der Waals surface area (Å²) in [7, 11) is 0. The lowest BCUT2D eigenvalue weighted by atomic mass is 9.98. The van der Waals surface area contributed by atoms with Gasteiger partial charge in [-0.2, -0.15) is 0 Å². The second kappa shape index (κ2) is 7.59. The van der Waals surface area contributed by atoms with Gasteiger partial charge in [-0.1, -0.05) is 18.2 Å². The molecule has 124 valence electrons. The van der Waals surface area contributed by atoms with E-state index in [0.717, 1.165) is 22.3 Å². The Morgan fingerprint density at radius 1 is 1.12 bits per heavy atom. The van der Waals surface area contributed by atoms with Gasteiger partial charge in [-0.25, -0.2) is 13.8 Å². The highest BCUT2D eigenvalue weighted by molar-refractivity contribution is 7.98. The minimum atomic E-state index is -0.849. The predicted molar refractivity (Wildman–Crippen MR) is 91.9 cm³/mol. The number of imidazole rings is 1. The smallest absolute Gasteiger partial charge is 0.159 e. The Balaban J connectivity index is 1.93. The molecule has 6 heteroatoms. The molecule has 2 aromatic carbocycles. The molecular weight excluding hydrogens is 328 g/mol. The Morgan fingerprint density at radius 3 is 2.67 bits per heavy atom. The van der Waals surface area contributed by atoms with E-state index in [1.165, 1.54) is 6.07 Å². The minimum absolute atomic E-state index is 0.266. The van der Waals surface area contributed by atoms with Crippen molar-refractivity contribution in [1.82, 2.24) is 15.3 Å². The summed E-state index contributed by atoms with van der Waals surface area (Å²) in [6, 6.07) is 11.7. The first-order valence-electron chi connectivity index (χ1n) is 7.48. The van der Waals surface area contributed by atoms with Gasteiger partial charge in [0.25, 0.3) is 0 Å². The van der Waals surface area contributed by atoms with E-state index in [0.29, 0.717) is 12.1 Å². The summed E-state index contributed by atoms with van der Waals surface area (Å²) in [4.78, 5) is 8.32. The van der Waals surface area contributed by atoms with Gasteiger partial charge in [-0.3, -0.25) is 5.32 Å². The number of nitrogens with one attached hydrogen (secondary N) is 2. The minimum Gasteiger partial charge on any atom is -0.348 e. The van der Waals surface area contributed by atoms with Crippen LogP contribution in [0.4, 0.5) is 8.78 Å². The van der Waals surface area contributed by atoms with Crippen LogP contribution in [0.25, 0.3) is 0 Å². The molecule has 0 unspecified atom stereocenters. The Labute approximate surface area is 143 Å². The standard InChI is InChI=1S/C18H17F2N3S/c1-24-14-4-2-3-12(9-14)18(23-11-17-21-7-8-22-17)13-5-6-15(19)16(20)10-13/h2-10,18,23H,11H2,1H3,(H,21,22)/t18-/m1/s1. The first-order chi connectivity index (χ1) is 11.7. The van der Waals surface area contributed by atoms with E-state index in [1.54, 1.807) is 30.2 Å². The Kier molecular flexibility index (Phi) is 5.27. The third-order valence-electron chi connectivity index (χ3n) is 3.73. The molecule has 3 nitrogen and oxygen atoms in total. The van der Waals surface area contributed by atoms with Gasteiger partial charge >= 0.3 is 0 Å². The second-order valence-corrected chi connectivity index (χ2v) is 6.18. The first kappa shape index (κ1) is 16.7. The summed E-state index contributed by atoms with van der Waals surface area (Å²) in [6.07, 6.45) is 5.43. The zero-order chi connectivity index (χ0) is 16.9. The molecule has 0 bridgehead atoms. The zero-order valence-electron chi connectivity index (χ0n) is 13.1. The topological polar surface area (TPSA) is 40.7 Å². The Morgan fingerprint density at radius 2 is 1.96 bits per heavy atom. The lowest BCUT2D eigenvalue weighted by Crippen LogP contribution is -2.23. The van der Waals surface area contributed by atoms with Gasteiger partial charge in [-0.15, -0.1) is 11.8 Å². The van der Waals surface area contributed by atoms with Crippen molar-refractivity contribution >= 4 is 11.8 Å². The van der Waals surface area contributed by atoms with E-state index in [4.69, 9.17) is 0 Å². The number of rotatable bonds is 6. The summed E-state index contributed by atoms with van der Waals surface area (Å²) in [6.45, 7) is 0.486. The maximum atomic E-state index is 13.7. The van der Waals surface area contributed by atoms with Crippen LogP contribution < -0.4 is 5.32 Å². The molecule has 1 heterocycles. The number of H-pyrrole nitrogens is 1. The average molecular weight is 345 g/mol. The molecule has 0 aliphatic rings. The number of hydrogen-bond acceptors (Lipinski definition) is 3. The number of benzene rings is 2. The molecule has 3 aromatic rings. The molecule has 0 radical (unpaired) electrons. The van der Waals surface area contributed by atoms with Crippen LogP contribution in [0.5, 0.6) is 0 Å². The molecule has 0 fully saturated rings. The summed E-state index contributed by atoms with van der Waals surface area (Å²) in [5.74, 6) is -0.914. The molecule has 0 amide bonds. The van der Waals surface area contributed by atoms with Gasteiger partial charge < -0.3 is 4.98 Å². The summed E-state index contributed by atoms with van der Waals surface area (Å²) >= 11 is 1.64. The van der Waals surface area contributed by atoms with E-state index in [-0.39, 0.29) is 6.04 Å². The third-order valence-corrected chi connectivity index (χ3v) is 4.46. The van der Waals surface area contributed by atoms with E-state index in [1.807, 2.05) is 30.5 Å². The molecule has 0 saturated heterocycles. The highest BCUT2D eigenvalue weighted by Gasteiger charge is 2.16. The van der Waals surface area contributed by atoms with Crippen molar-refractivity contribution in [3.05, 3.63) is 83.4 Å². The number of nitrogens with zero attached hydrogens (tertiary/aromatic N) is 1. The van der Waals surface area contributed by atoms with Crippen LogP contribution in [0.1, 0.15) is 23.0 Å². The predicted octanol–water partition coefficient (Wildman–Crippen LogP) is 4.29. The zero-order valence-corrected chi connectivity index (χ0v) is 13.9. The van der Waals surface area contributed by atoms with Crippen LogP contribution in [0.2, 0.25) is 0 Å². The normalized spacial score (nSPS) is 12.3. The van der Waals surface area contributed by atoms with Crippen LogP contribution in [-0.2, 0) is 6.54 Å². The second-order valence-electron chi connectivity index (χ2n) is 5.30. The molecule has 3 rings (SSSR count). The summed E-state index contributed by atoms with van der Waals surface area (Å²) < 4.78 is 27.0. The molecule has 0 aliphatic heterocycles. The van der Waals surface area contributed by atoms with E-state index >= 15 is 0 Å². The summed E-state index contributed by atoms with van der Waals surface area (Å²) in [5, 5.41) is 3.36. The molecule has 0 aliphatic carbocycles. The highest BCUT2D eigenvalue weighted by Crippen LogP contribution is 2.27. The van der Waals surface area contributed by atoms with Crippen LogP contribution in [0.3, 0.4) is 0 Å². The molecule has 1 aromatic heterocycles. The maximum Gasteiger partial charge on any atom is 0.159 e. The van der Waals surface area contributed by atoms with E-state index in [2.05, 4.69) is 15.3 Å². The number of hydrogen-bond donors (Lipinski definition) is 2. The van der Waals surface area contributed by atoms with Gasteiger partial charge in [0, 0.05) is 17.3 Å². The van der Waals surface area contributed by atoms with Crippen molar-refractivity contribution in [1.29, 1.82) is 0 Å². The van der Waals surface area contributed by atoms with E-state index in [9.17, 15) is 8.78 Å². The lowest BCUT2D eigenvalue weighted by molar-refractivity contribution is 0.502. The van der Waals surface area contributed by atoms with Gasteiger partial charge in [0.15, 0.2) is 11.6 Å². The number of thioether (sulfide) groups is 1. The lowest BCUT2D eigenvalue weighted by Gasteiger charge is -2.20. The third kappa shape index (κ3) is 3.83. The molecule has 1 atom stereocenters. The monoisotopic (exact) mass is 345 g/mol. The largest absolute Gasteiger partial charge is 0.348 e. The summed E-state index contributed by atoms with van der Waals surface area (Å²) in [5.41, 5.74) is 1.65. The van der Waals surface area contributed by atoms with Crippen LogP contribution in [0.15, 0.2) is 59.8 Å². The Bertz CT molecular complexity index is 806. The van der Waals surface area contributed by atoms with Gasteiger partial charge in [0.1, 0.15) is 5.82 Å². The maximum absolute atomic E-state index is 13.7. The Hall–Kier alpha value is -2.18. The van der Waals surface area contributed by atoms with Crippen molar-refractivity contribution in [2.45, 2.75) is 17.5 Å². The van der Waals surface area contributed by atoms with Gasteiger partial charge in [-0.05, 0) is 41.6 Å².